The van der Waals surface area contributed by atoms with Gasteiger partial charge in [0, 0.05) is 5.56 Å². The van der Waals surface area contributed by atoms with Crippen LogP contribution in [-0.4, -0.2) is 34.5 Å². The van der Waals surface area contributed by atoms with Gasteiger partial charge in [0.05, 0.1) is 24.0 Å². The predicted octanol–water partition coefficient (Wildman–Crippen LogP) is 3.10. The molecule has 1 heterocycles. The van der Waals surface area contributed by atoms with E-state index in [2.05, 4.69) is 27.0 Å². The Morgan fingerprint density at radius 2 is 2.00 bits per heavy atom. The molecule has 3 aromatic rings. The van der Waals surface area contributed by atoms with Gasteiger partial charge in [-0.1, -0.05) is 24.3 Å². The van der Waals surface area contributed by atoms with Crippen LogP contribution in [0.5, 0.6) is 0 Å². The quantitative estimate of drug-likeness (QED) is 0.471. The average Bonchev–Trinajstić information content (AvgIpc) is 2.86. The average molecular weight is 492 g/mol. The van der Waals surface area contributed by atoms with Crippen molar-refractivity contribution < 1.29 is 14.0 Å². The molecule has 0 aliphatic heterocycles. The molecule has 0 bridgehead atoms. The highest BCUT2D eigenvalue weighted by atomic mass is 19.1. The number of nitrogens with one attached hydrogen (secondary N) is 3. The Kier molecular flexibility index (Phi) is 7.59. The Morgan fingerprint density at radius 3 is 2.75 bits per heavy atom. The molecule has 36 heavy (non-hydrogen) atoms. The number of likely N-dealkylation sites (N-methyl/N-ethyl adjacent to an activating group) is 1. The molecule has 0 spiro atoms. The van der Waals surface area contributed by atoms with Gasteiger partial charge in [0.15, 0.2) is 5.82 Å². The molecule has 0 saturated heterocycles. The molecule has 1 aromatic heterocycles. The van der Waals surface area contributed by atoms with Gasteiger partial charge in [-0.3, -0.25) is 19.0 Å². The number of aryl methyl sites for hydroxylation is 2. The first-order valence-electron chi connectivity index (χ1n) is 12.0. The number of rotatable bonds is 7. The molecule has 2 aromatic carbocycles. The van der Waals surface area contributed by atoms with E-state index in [1.54, 1.807) is 27.0 Å². The van der Waals surface area contributed by atoms with Crippen molar-refractivity contribution in [2.75, 3.05) is 12.4 Å². The summed E-state index contributed by atoms with van der Waals surface area (Å²) in [4.78, 5) is 43.2. The van der Waals surface area contributed by atoms with Crippen LogP contribution in [0.1, 0.15) is 42.5 Å². The SMILES string of the molecule is CNC(C)C(=O)Nc1ncc(-c2ccc(F)cc2C)n(CC(=O)N[C@@H]2CCCc3ccccc32)c1=O. The van der Waals surface area contributed by atoms with Crippen molar-refractivity contribution in [3.05, 3.63) is 81.5 Å². The zero-order valence-corrected chi connectivity index (χ0v) is 20.6. The van der Waals surface area contributed by atoms with Crippen molar-refractivity contribution in [3.8, 4) is 11.3 Å². The molecule has 188 valence electrons. The van der Waals surface area contributed by atoms with Crippen LogP contribution in [0, 0.1) is 12.7 Å². The van der Waals surface area contributed by atoms with Crippen LogP contribution >= 0.6 is 0 Å². The van der Waals surface area contributed by atoms with E-state index >= 15 is 0 Å². The molecule has 2 atom stereocenters. The summed E-state index contributed by atoms with van der Waals surface area (Å²) >= 11 is 0. The standard InChI is InChI=1S/C27H30FN5O3/c1-16-13-19(28)11-12-20(16)23-14-30-25(32-26(35)17(2)29-3)27(36)33(23)15-24(34)31-22-10-6-8-18-7-4-5-9-21(18)22/h4-5,7,9,11-14,17,22,29H,6,8,10,15H2,1-3H3,(H,31,34)(H,30,32,35)/t17?,22-/m1/s1. The molecule has 0 radical (unpaired) electrons. The fraction of sp³-hybridized carbons (Fsp3) is 0.333. The van der Waals surface area contributed by atoms with Gasteiger partial charge in [-0.05, 0) is 75.0 Å². The second kappa shape index (κ2) is 10.8. The summed E-state index contributed by atoms with van der Waals surface area (Å²) in [6.45, 7) is 3.09. The number of nitrogens with zero attached hydrogens (tertiary/aromatic N) is 2. The van der Waals surface area contributed by atoms with Gasteiger partial charge in [0.25, 0.3) is 5.56 Å². The van der Waals surface area contributed by atoms with E-state index in [9.17, 15) is 18.8 Å². The minimum absolute atomic E-state index is 0.147. The fourth-order valence-electron chi connectivity index (χ4n) is 4.50. The maximum absolute atomic E-state index is 13.7. The first-order chi connectivity index (χ1) is 17.3. The lowest BCUT2D eigenvalue weighted by molar-refractivity contribution is -0.122. The Morgan fingerprint density at radius 1 is 1.22 bits per heavy atom. The molecule has 8 nitrogen and oxygen atoms in total. The van der Waals surface area contributed by atoms with Crippen LogP contribution in [0.3, 0.4) is 0 Å². The van der Waals surface area contributed by atoms with E-state index in [0.717, 1.165) is 24.8 Å². The third kappa shape index (κ3) is 5.36. The van der Waals surface area contributed by atoms with Gasteiger partial charge in [0.2, 0.25) is 11.8 Å². The van der Waals surface area contributed by atoms with Crippen molar-refractivity contribution in [3.63, 3.8) is 0 Å². The van der Waals surface area contributed by atoms with Crippen LogP contribution in [0.25, 0.3) is 11.3 Å². The molecule has 0 fully saturated rings. The summed E-state index contributed by atoms with van der Waals surface area (Å²) in [6.07, 6.45) is 4.15. The minimum atomic E-state index is -0.618. The molecule has 4 rings (SSSR count). The normalized spacial score (nSPS) is 15.6. The van der Waals surface area contributed by atoms with Gasteiger partial charge >= 0.3 is 0 Å². The van der Waals surface area contributed by atoms with Crippen LogP contribution in [-0.2, 0) is 22.6 Å². The Labute approximate surface area is 209 Å². The van der Waals surface area contributed by atoms with E-state index in [0.29, 0.717) is 16.8 Å². The topological polar surface area (TPSA) is 105 Å². The van der Waals surface area contributed by atoms with E-state index in [-0.39, 0.29) is 24.3 Å². The number of fused-ring (bicyclic) bond motifs is 1. The summed E-state index contributed by atoms with van der Waals surface area (Å²) < 4.78 is 15.0. The zero-order valence-electron chi connectivity index (χ0n) is 20.6. The highest BCUT2D eigenvalue weighted by Gasteiger charge is 2.23. The summed E-state index contributed by atoms with van der Waals surface area (Å²) in [6, 6.07) is 11.5. The van der Waals surface area contributed by atoms with Crippen molar-refractivity contribution in [1.82, 2.24) is 20.2 Å². The third-order valence-corrected chi connectivity index (χ3v) is 6.59. The number of carbonyl (C=O) groups is 2. The van der Waals surface area contributed by atoms with Gasteiger partial charge in [0.1, 0.15) is 12.4 Å². The van der Waals surface area contributed by atoms with Crippen molar-refractivity contribution in [1.29, 1.82) is 0 Å². The van der Waals surface area contributed by atoms with Gasteiger partial charge in [-0.25, -0.2) is 9.37 Å². The van der Waals surface area contributed by atoms with Crippen LogP contribution in [0.15, 0.2) is 53.5 Å². The highest BCUT2D eigenvalue weighted by molar-refractivity contribution is 5.93. The molecule has 0 saturated carbocycles. The minimum Gasteiger partial charge on any atom is -0.348 e. The molecule has 3 N–H and O–H groups in total. The number of aromatic nitrogens is 2. The number of hydrogen-bond acceptors (Lipinski definition) is 5. The number of carbonyl (C=O) groups excluding carboxylic acids is 2. The van der Waals surface area contributed by atoms with Gasteiger partial charge < -0.3 is 16.0 Å². The Hall–Kier alpha value is -3.85. The molecular weight excluding hydrogens is 461 g/mol. The number of hydrogen-bond donors (Lipinski definition) is 3. The number of amides is 2. The van der Waals surface area contributed by atoms with Crippen molar-refractivity contribution in [2.45, 2.75) is 51.7 Å². The first-order valence-corrected chi connectivity index (χ1v) is 12.0. The first kappa shape index (κ1) is 25.2. The van der Waals surface area contributed by atoms with Gasteiger partial charge in [-0.2, -0.15) is 0 Å². The van der Waals surface area contributed by atoms with Crippen molar-refractivity contribution >= 4 is 17.6 Å². The van der Waals surface area contributed by atoms with Crippen molar-refractivity contribution in [2.24, 2.45) is 0 Å². The second-order valence-corrected chi connectivity index (χ2v) is 9.05. The Balaban J connectivity index is 1.68. The maximum Gasteiger partial charge on any atom is 0.294 e. The molecule has 2 amide bonds. The summed E-state index contributed by atoms with van der Waals surface area (Å²) in [5.74, 6) is -1.35. The molecule has 1 aliphatic carbocycles. The Bertz CT molecular complexity index is 1350. The van der Waals surface area contributed by atoms with E-state index in [1.165, 1.54) is 28.5 Å². The molecule has 1 aliphatic rings. The smallest absolute Gasteiger partial charge is 0.294 e. The van der Waals surface area contributed by atoms with E-state index < -0.39 is 23.3 Å². The summed E-state index contributed by atoms with van der Waals surface area (Å²) in [7, 11) is 1.63. The molecular formula is C27H30FN5O3. The van der Waals surface area contributed by atoms with Gasteiger partial charge in [-0.15, -0.1) is 0 Å². The highest BCUT2D eigenvalue weighted by Crippen LogP contribution is 2.29. The zero-order chi connectivity index (χ0) is 25.8. The summed E-state index contributed by atoms with van der Waals surface area (Å²) in [5, 5.41) is 8.40. The van der Waals surface area contributed by atoms with Crippen LogP contribution in [0.2, 0.25) is 0 Å². The maximum atomic E-state index is 13.7. The summed E-state index contributed by atoms with van der Waals surface area (Å²) in [5.41, 5.74) is 3.19. The number of anilines is 1. The monoisotopic (exact) mass is 491 g/mol. The lowest BCUT2D eigenvalue weighted by Crippen LogP contribution is -2.40. The molecule has 9 heteroatoms. The van der Waals surface area contributed by atoms with Crippen LogP contribution in [0.4, 0.5) is 10.2 Å². The lowest BCUT2D eigenvalue weighted by atomic mass is 9.88. The third-order valence-electron chi connectivity index (χ3n) is 6.59. The molecule has 1 unspecified atom stereocenters. The van der Waals surface area contributed by atoms with E-state index in [1.807, 2.05) is 18.2 Å². The lowest BCUT2D eigenvalue weighted by Gasteiger charge is -2.26. The van der Waals surface area contributed by atoms with Crippen LogP contribution < -0.4 is 21.5 Å². The van der Waals surface area contributed by atoms with E-state index in [4.69, 9.17) is 0 Å². The predicted molar refractivity (Wildman–Crippen MR) is 136 cm³/mol. The fourth-order valence-corrected chi connectivity index (χ4v) is 4.50. The largest absolute Gasteiger partial charge is 0.348 e. The number of benzene rings is 2. The second-order valence-electron chi connectivity index (χ2n) is 9.05. The number of halogens is 1.